The number of aliphatic imine (C=N–C) groups is 1. The predicted molar refractivity (Wildman–Crippen MR) is 168 cm³/mol. The number of amidine groups is 1. The van der Waals surface area contributed by atoms with Crippen molar-refractivity contribution in [1.29, 1.82) is 0 Å². The van der Waals surface area contributed by atoms with E-state index >= 15 is 0 Å². The first-order valence-electron chi connectivity index (χ1n) is 14.0. The molecule has 1 aromatic heterocycles. The third-order valence-corrected chi connectivity index (χ3v) is 8.04. The van der Waals surface area contributed by atoms with Gasteiger partial charge in [0.2, 0.25) is 0 Å². The lowest BCUT2D eigenvalue weighted by Gasteiger charge is -2.37. The summed E-state index contributed by atoms with van der Waals surface area (Å²) >= 11 is 1.49. The zero-order valence-corrected chi connectivity index (χ0v) is 25.7. The fourth-order valence-corrected chi connectivity index (χ4v) is 6.29. The molecule has 1 atom stereocenters. The number of nitrogens with one attached hydrogen (secondary N) is 1. The van der Waals surface area contributed by atoms with E-state index in [4.69, 9.17) is 0 Å². The van der Waals surface area contributed by atoms with Crippen molar-refractivity contribution in [3.8, 4) is 22.8 Å². The van der Waals surface area contributed by atoms with Crippen LogP contribution in [0.4, 0.5) is 28.0 Å². The first kappa shape index (κ1) is 31.8. The fourth-order valence-electron chi connectivity index (χ4n) is 5.09. The number of alkyl halides is 3. The summed E-state index contributed by atoms with van der Waals surface area (Å²) in [7, 11) is 0. The summed E-state index contributed by atoms with van der Waals surface area (Å²) in [5.74, 6) is 0.133. The van der Waals surface area contributed by atoms with Crippen LogP contribution in [-0.2, 0) is 0 Å². The van der Waals surface area contributed by atoms with E-state index < -0.39 is 18.2 Å². The van der Waals surface area contributed by atoms with Crippen LogP contribution >= 0.6 is 11.8 Å². The molecule has 13 heteroatoms. The van der Waals surface area contributed by atoms with Crippen LogP contribution < -0.4 is 15.0 Å². The highest BCUT2D eigenvalue weighted by atomic mass is 32.2. The second kappa shape index (κ2) is 13.1. The number of hydrogen-bond donors (Lipinski definition) is 1. The van der Waals surface area contributed by atoms with Gasteiger partial charge in [-0.3, -0.25) is 0 Å². The Morgan fingerprint density at radius 3 is 2.38 bits per heavy atom. The van der Waals surface area contributed by atoms with Crippen LogP contribution in [0.15, 0.2) is 78.2 Å². The zero-order chi connectivity index (χ0) is 32.3. The second-order valence-electron chi connectivity index (χ2n) is 10.6. The lowest BCUT2D eigenvalue weighted by atomic mass is 10.0. The summed E-state index contributed by atoms with van der Waals surface area (Å²) in [6, 6.07) is 15.1. The van der Waals surface area contributed by atoms with E-state index in [1.807, 2.05) is 20.8 Å². The Hall–Kier alpha value is -4.65. The molecule has 1 aliphatic heterocycles. The lowest BCUT2D eigenvalue weighted by molar-refractivity contribution is -0.274. The number of rotatable bonds is 6. The number of halogens is 4. The minimum atomic E-state index is -4.78. The standard InChI is InChI=1S/C32H30F4N6O2S/c1-19-15-20(2)28(21(3)16-19)42-22(4)13-14-45-31(42)39-30(43)37-17-27(33)23-5-7-24(8-6-23)29-38-18-41(40-29)25-9-11-26(12-10-25)44-32(34,35)36/h5-12,15-18,22H,13-14H2,1-4H3,(H,37,43)/b27-17-,39-31?. The van der Waals surface area contributed by atoms with Gasteiger partial charge in [-0.15, -0.1) is 18.3 Å². The molecule has 8 nitrogen and oxygen atoms in total. The number of carbonyl (C=O) groups is 1. The summed E-state index contributed by atoms with van der Waals surface area (Å²) in [4.78, 5) is 23.4. The number of anilines is 1. The number of aryl methyl sites for hydroxylation is 3. The van der Waals surface area contributed by atoms with Crippen molar-refractivity contribution in [2.75, 3.05) is 10.7 Å². The number of ether oxygens (including phenoxy) is 1. The smallest absolute Gasteiger partial charge is 0.406 e. The second-order valence-corrected chi connectivity index (χ2v) is 11.6. The maximum absolute atomic E-state index is 15.0. The highest BCUT2D eigenvalue weighted by molar-refractivity contribution is 8.14. The Kier molecular flexibility index (Phi) is 9.28. The Balaban J connectivity index is 1.25. The topological polar surface area (TPSA) is 84.6 Å². The number of amides is 2. The number of hydrogen-bond acceptors (Lipinski definition) is 5. The molecule has 45 heavy (non-hydrogen) atoms. The average molecular weight is 639 g/mol. The van der Waals surface area contributed by atoms with Crippen LogP contribution in [0.25, 0.3) is 22.9 Å². The summed E-state index contributed by atoms with van der Waals surface area (Å²) in [6.07, 6.45) is -1.46. The number of thioether (sulfide) groups is 1. The summed E-state index contributed by atoms with van der Waals surface area (Å²) in [5, 5.41) is 7.35. The minimum absolute atomic E-state index is 0.142. The number of nitrogens with zero attached hydrogens (tertiary/aromatic N) is 5. The molecule has 4 aromatic rings. The van der Waals surface area contributed by atoms with Crippen molar-refractivity contribution in [2.24, 2.45) is 4.99 Å². The van der Waals surface area contributed by atoms with Crippen LogP contribution in [0, 0.1) is 20.8 Å². The van der Waals surface area contributed by atoms with E-state index in [-0.39, 0.29) is 17.4 Å². The molecule has 0 spiro atoms. The molecule has 234 valence electrons. The van der Waals surface area contributed by atoms with Gasteiger partial charge in [-0.2, -0.15) is 4.99 Å². The van der Waals surface area contributed by atoms with E-state index in [1.54, 1.807) is 12.1 Å². The largest absolute Gasteiger partial charge is 0.573 e. The van der Waals surface area contributed by atoms with Crippen LogP contribution in [-0.4, -0.2) is 44.1 Å². The van der Waals surface area contributed by atoms with Crippen molar-refractivity contribution in [3.63, 3.8) is 0 Å². The van der Waals surface area contributed by atoms with Crippen LogP contribution in [0.3, 0.4) is 0 Å². The van der Waals surface area contributed by atoms with Gasteiger partial charge in [0, 0.05) is 34.8 Å². The van der Waals surface area contributed by atoms with Gasteiger partial charge >= 0.3 is 12.4 Å². The lowest BCUT2D eigenvalue weighted by Crippen LogP contribution is -2.42. The third-order valence-electron chi connectivity index (χ3n) is 7.06. The molecular formula is C32H30F4N6O2S. The highest BCUT2D eigenvalue weighted by Gasteiger charge is 2.31. The molecule has 1 saturated heterocycles. The Morgan fingerprint density at radius 1 is 1.07 bits per heavy atom. The highest BCUT2D eigenvalue weighted by Crippen LogP contribution is 2.34. The Labute approximate surface area is 261 Å². The van der Waals surface area contributed by atoms with Gasteiger partial charge < -0.3 is 15.0 Å². The third kappa shape index (κ3) is 7.72. The first-order chi connectivity index (χ1) is 21.4. The molecule has 5 rings (SSSR count). The van der Waals surface area contributed by atoms with E-state index in [9.17, 15) is 22.4 Å². The first-order valence-corrected chi connectivity index (χ1v) is 15.0. The van der Waals surface area contributed by atoms with Crippen molar-refractivity contribution in [1.82, 2.24) is 20.1 Å². The van der Waals surface area contributed by atoms with Gasteiger partial charge in [-0.1, -0.05) is 53.7 Å². The molecule has 2 heterocycles. The molecule has 0 radical (unpaired) electrons. The van der Waals surface area contributed by atoms with Crippen molar-refractivity contribution in [2.45, 2.75) is 46.5 Å². The fraction of sp³-hybridized carbons (Fsp3) is 0.250. The van der Waals surface area contributed by atoms with Gasteiger partial charge in [-0.05, 0) is 69.5 Å². The van der Waals surface area contributed by atoms with Crippen LogP contribution in [0.2, 0.25) is 0 Å². The van der Waals surface area contributed by atoms with E-state index in [0.29, 0.717) is 22.2 Å². The molecular weight excluding hydrogens is 608 g/mol. The summed E-state index contributed by atoms with van der Waals surface area (Å²) in [6.45, 7) is 8.24. The average Bonchev–Trinajstić information content (AvgIpc) is 3.47. The molecule has 1 unspecified atom stereocenters. The number of carbonyl (C=O) groups excluding carboxylic acids is 1. The Morgan fingerprint density at radius 2 is 1.73 bits per heavy atom. The van der Waals surface area contributed by atoms with Crippen molar-refractivity contribution in [3.05, 3.63) is 95.4 Å². The van der Waals surface area contributed by atoms with Gasteiger partial charge in [-0.25, -0.2) is 18.9 Å². The van der Waals surface area contributed by atoms with Gasteiger partial charge in [0.1, 0.15) is 17.9 Å². The van der Waals surface area contributed by atoms with Gasteiger partial charge in [0.05, 0.1) is 5.69 Å². The number of urea groups is 1. The predicted octanol–water partition coefficient (Wildman–Crippen LogP) is 8.12. The molecule has 2 amide bonds. The van der Waals surface area contributed by atoms with Crippen LogP contribution in [0.1, 0.15) is 35.6 Å². The van der Waals surface area contributed by atoms with E-state index in [0.717, 1.165) is 40.8 Å². The normalized spacial score (nSPS) is 16.6. The number of aromatic nitrogens is 3. The molecule has 0 saturated carbocycles. The van der Waals surface area contributed by atoms with Gasteiger partial charge in [0.25, 0.3) is 0 Å². The maximum atomic E-state index is 15.0. The zero-order valence-electron chi connectivity index (χ0n) is 24.9. The van der Waals surface area contributed by atoms with E-state index in [2.05, 4.69) is 49.1 Å². The summed E-state index contributed by atoms with van der Waals surface area (Å²) in [5.41, 5.74) is 5.67. The molecule has 0 aliphatic carbocycles. The molecule has 1 fully saturated rings. The molecule has 1 aliphatic rings. The van der Waals surface area contributed by atoms with Crippen molar-refractivity contribution < 1.29 is 27.1 Å². The quantitative estimate of drug-likeness (QED) is 0.215. The maximum Gasteiger partial charge on any atom is 0.573 e. The molecule has 3 aromatic carbocycles. The minimum Gasteiger partial charge on any atom is -0.406 e. The van der Waals surface area contributed by atoms with E-state index in [1.165, 1.54) is 59.2 Å². The molecule has 0 bridgehead atoms. The monoisotopic (exact) mass is 638 g/mol. The van der Waals surface area contributed by atoms with Crippen LogP contribution in [0.5, 0.6) is 5.75 Å². The van der Waals surface area contributed by atoms with Gasteiger partial charge in [0.15, 0.2) is 11.0 Å². The van der Waals surface area contributed by atoms with Crippen molar-refractivity contribution >= 4 is 34.5 Å². The summed E-state index contributed by atoms with van der Waals surface area (Å²) < 4.78 is 57.5. The Bertz CT molecular complexity index is 1730. The molecule has 1 N–H and O–H groups in total. The SMILES string of the molecule is Cc1cc(C)c(N2C(=NC(=O)N/C=C(\F)c3ccc(-c4ncn(-c5ccc(OC(F)(F)F)cc5)n4)cc3)SCCC2C)c(C)c1. The number of benzene rings is 3.